The van der Waals surface area contributed by atoms with Crippen LogP contribution in [0.15, 0.2) is 22.7 Å². The van der Waals surface area contributed by atoms with Crippen LogP contribution in [-0.4, -0.2) is 27.0 Å². The van der Waals surface area contributed by atoms with Gasteiger partial charge in [0.15, 0.2) is 9.84 Å². The molecule has 100 valence electrons. The molecule has 1 aliphatic rings. The Morgan fingerprint density at radius 2 is 2.17 bits per heavy atom. The summed E-state index contributed by atoms with van der Waals surface area (Å²) in [5, 5.41) is 0. The number of benzene rings is 1. The van der Waals surface area contributed by atoms with Gasteiger partial charge in [0.2, 0.25) is 0 Å². The van der Waals surface area contributed by atoms with Gasteiger partial charge < -0.3 is 4.74 Å². The average molecular weight is 398 g/mol. The zero-order valence-corrected chi connectivity index (χ0v) is 13.9. The first kappa shape index (κ1) is 14.3. The molecule has 1 heterocycles. The molecule has 6 heteroatoms. The molecular formula is C12H14Br2O3S. The van der Waals surface area contributed by atoms with Gasteiger partial charge in [0.05, 0.1) is 23.1 Å². The number of hydrogen-bond donors (Lipinski definition) is 0. The van der Waals surface area contributed by atoms with Crippen molar-refractivity contribution >= 4 is 41.7 Å². The number of sulfone groups is 1. The number of halogens is 2. The molecule has 18 heavy (non-hydrogen) atoms. The lowest BCUT2D eigenvalue weighted by Crippen LogP contribution is -2.10. The van der Waals surface area contributed by atoms with Crippen LogP contribution in [0.1, 0.15) is 16.8 Å². The molecule has 2 unspecified atom stereocenters. The molecule has 0 spiro atoms. The molecule has 0 aromatic heterocycles. The van der Waals surface area contributed by atoms with Crippen molar-refractivity contribution in [3.63, 3.8) is 0 Å². The molecule has 0 bridgehead atoms. The van der Waals surface area contributed by atoms with Gasteiger partial charge in [-0.05, 0) is 46.0 Å². The average Bonchev–Trinajstić information content (AvgIpc) is 2.68. The monoisotopic (exact) mass is 396 g/mol. The van der Waals surface area contributed by atoms with Gasteiger partial charge in [-0.2, -0.15) is 0 Å². The number of methoxy groups -OCH3 is 1. The molecule has 3 nitrogen and oxygen atoms in total. The molecule has 1 fully saturated rings. The number of ether oxygens (including phenoxy) is 1. The van der Waals surface area contributed by atoms with Crippen molar-refractivity contribution in [2.45, 2.75) is 11.2 Å². The van der Waals surface area contributed by atoms with E-state index >= 15 is 0 Å². The van der Waals surface area contributed by atoms with Crippen LogP contribution in [0, 0.1) is 5.92 Å². The zero-order valence-electron chi connectivity index (χ0n) is 9.90. The van der Waals surface area contributed by atoms with Gasteiger partial charge in [0.1, 0.15) is 5.75 Å². The van der Waals surface area contributed by atoms with Crippen LogP contribution in [0.25, 0.3) is 0 Å². The lowest BCUT2D eigenvalue weighted by Gasteiger charge is -2.17. The Morgan fingerprint density at radius 3 is 2.67 bits per heavy atom. The summed E-state index contributed by atoms with van der Waals surface area (Å²) >= 11 is 7.06. The highest BCUT2D eigenvalue weighted by molar-refractivity contribution is 9.10. The predicted molar refractivity (Wildman–Crippen MR) is 79.1 cm³/mol. The minimum atomic E-state index is -2.84. The fourth-order valence-corrected chi connectivity index (χ4v) is 5.56. The molecular weight excluding hydrogens is 384 g/mol. The first-order chi connectivity index (χ1) is 8.43. The summed E-state index contributed by atoms with van der Waals surface area (Å²) in [5.41, 5.74) is 1.07. The Bertz CT molecular complexity index is 542. The van der Waals surface area contributed by atoms with Gasteiger partial charge >= 0.3 is 0 Å². The maximum atomic E-state index is 11.5. The van der Waals surface area contributed by atoms with Gasteiger partial charge in [0, 0.05) is 4.83 Å². The van der Waals surface area contributed by atoms with Crippen LogP contribution in [0.5, 0.6) is 5.75 Å². The molecule has 2 rings (SSSR count). The van der Waals surface area contributed by atoms with Gasteiger partial charge in [-0.1, -0.05) is 22.0 Å². The first-order valence-electron chi connectivity index (χ1n) is 5.61. The minimum Gasteiger partial charge on any atom is -0.496 e. The molecule has 2 atom stereocenters. The van der Waals surface area contributed by atoms with E-state index in [1.54, 1.807) is 7.11 Å². The van der Waals surface area contributed by atoms with E-state index in [4.69, 9.17) is 4.74 Å². The third-order valence-corrected chi connectivity index (χ3v) is 6.87. The maximum Gasteiger partial charge on any atom is 0.150 e. The predicted octanol–water partition coefficient (Wildman–Crippen LogP) is 3.33. The summed E-state index contributed by atoms with van der Waals surface area (Å²) in [6.07, 6.45) is 0.724. The lowest BCUT2D eigenvalue weighted by molar-refractivity contribution is 0.412. The fourth-order valence-electron chi connectivity index (χ4n) is 2.18. The number of hydrogen-bond acceptors (Lipinski definition) is 3. The molecule has 0 radical (unpaired) electrons. The van der Waals surface area contributed by atoms with Crippen molar-refractivity contribution in [3.05, 3.63) is 28.2 Å². The van der Waals surface area contributed by atoms with Gasteiger partial charge in [-0.3, -0.25) is 0 Å². The third kappa shape index (κ3) is 3.08. The van der Waals surface area contributed by atoms with Crippen LogP contribution in [0.3, 0.4) is 0 Å². The van der Waals surface area contributed by atoms with Crippen molar-refractivity contribution < 1.29 is 13.2 Å². The Morgan fingerprint density at radius 1 is 1.44 bits per heavy atom. The van der Waals surface area contributed by atoms with E-state index in [-0.39, 0.29) is 16.5 Å². The van der Waals surface area contributed by atoms with Crippen LogP contribution >= 0.6 is 31.9 Å². The second kappa shape index (κ2) is 5.51. The van der Waals surface area contributed by atoms with Crippen LogP contribution in [0.2, 0.25) is 0 Å². The summed E-state index contributed by atoms with van der Waals surface area (Å²) in [4.78, 5) is 0.0666. The van der Waals surface area contributed by atoms with Crippen molar-refractivity contribution in [2.75, 3.05) is 18.6 Å². The maximum absolute atomic E-state index is 11.5. The van der Waals surface area contributed by atoms with E-state index in [0.29, 0.717) is 5.75 Å². The third-order valence-electron chi connectivity index (χ3n) is 3.18. The molecule has 0 N–H and O–H groups in total. The van der Waals surface area contributed by atoms with Crippen LogP contribution in [-0.2, 0) is 9.84 Å². The van der Waals surface area contributed by atoms with Gasteiger partial charge in [-0.25, -0.2) is 8.42 Å². The Balaban J connectivity index is 2.19. The zero-order chi connectivity index (χ0) is 13.3. The van der Waals surface area contributed by atoms with Gasteiger partial charge in [0.25, 0.3) is 0 Å². The fraction of sp³-hybridized carbons (Fsp3) is 0.500. The lowest BCUT2D eigenvalue weighted by atomic mass is 9.99. The van der Waals surface area contributed by atoms with Crippen molar-refractivity contribution in [3.8, 4) is 5.75 Å². The topological polar surface area (TPSA) is 43.4 Å². The molecule has 0 amide bonds. The molecule has 1 aromatic carbocycles. The Kier molecular flexibility index (Phi) is 4.39. The van der Waals surface area contributed by atoms with Crippen molar-refractivity contribution in [1.82, 2.24) is 0 Å². The quantitative estimate of drug-likeness (QED) is 0.734. The van der Waals surface area contributed by atoms with Crippen molar-refractivity contribution in [2.24, 2.45) is 5.92 Å². The molecule has 1 aliphatic heterocycles. The van der Waals surface area contributed by atoms with E-state index in [1.807, 2.05) is 18.2 Å². The number of alkyl halides is 1. The molecule has 0 saturated carbocycles. The highest BCUT2D eigenvalue weighted by Gasteiger charge is 2.33. The summed E-state index contributed by atoms with van der Waals surface area (Å²) in [7, 11) is -1.22. The highest BCUT2D eigenvalue weighted by Crippen LogP contribution is 2.39. The van der Waals surface area contributed by atoms with Crippen LogP contribution < -0.4 is 4.74 Å². The van der Waals surface area contributed by atoms with Crippen molar-refractivity contribution in [1.29, 1.82) is 0 Å². The Hall–Kier alpha value is -0.0700. The van der Waals surface area contributed by atoms with Gasteiger partial charge in [-0.15, -0.1) is 0 Å². The second-order valence-electron chi connectivity index (χ2n) is 4.46. The first-order valence-corrected chi connectivity index (χ1v) is 9.14. The molecule has 1 saturated heterocycles. The van der Waals surface area contributed by atoms with E-state index in [0.717, 1.165) is 22.2 Å². The summed E-state index contributed by atoms with van der Waals surface area (Å²) in [6.45, 7) is 0. The standard InChI is InChI=1S/C12H14Br2O3S/c1-17-11-3-2-8(6-10(11)13)12(14)9-4-5-18(15,16)7-9/h2-3,6,9,12H,4-5,7H2,1H3. The van der Waals surface area contributed by atoms with Crippen LogP contribution in [0.4, 0.5) is 0 Å². The molecule has 0 aliphatic carbocycles. The highest BCUT2D eigenvalue weighted by atomic mass is 79.9. The smallest absolute Gasteiger partial charge is 0.150 e. The largest absolute Gasteiger partial charge is 0.496 e. The number of rotatable bonds is 3. The molecule has 1 aromatic rings. The van der Waals surface area contributed by atoms with E-state index in [9.17, 15) is 8.42 Å². The summed E-state index contributed by atoms with van der Waals surface area (Å²) in [5.74, 6) is 1.50. The van der Waals surface area contributed by atoms with E-state index in [1.165, 1.54) is 0 Å². The van der Waals surface area contributed by atoms with E-state index < -0.39 is 9.84 Å². The minimum absolute atomic E-state index is 0.0666. The Labute approximate surface area is 124 Å². The van der Waals surface area contributed by atoms with E-state index in [2.05, 4.69) is 31.9 Å². The summed E-state index contributed by atoms with van der Waals surface area (Å²) < 4.78 is 29.1. The second-order valence-corrected chi connectivity index (χ2v) is 8.53. The normalized spacial score (nSPS) is 23.8. The SMILES string of the molecule is COc1ccc(C(Br)C2CCS(=O)(=O)C2)cc1Br. The summed E-state index contributed by atoms with van der Waals surface area (Å²) in [6, 6.07) is 5.83.